The molecule has 0 saturated heterocycles. The Kier molecular flexibility index (Phi) is 3.14. The molecule has 0 atom stereocenters. The van der Waals surface area contributed by atoms with Crippen LogP contribution in [0.5, 0.6) is 5.75 Å². The number of nitrogen functional groups attached to an aromatic ring is 1. The van der Waals surface area contributed by atoms with Crippen molar-refractivity contribution >= 4 is 5.82 Å². The van der Waals surface area contributed by atoms with E-state index in [1.54, 1.807) is 0 Å². The molecule has 18 heavy (non-hydrogen) atoms. The molecule has 2 rings (SSSR count). The van der Waals surface area contributed by atoms with Crippen molar-refractivity contribution < 1.29 is 22.3 Å². The molecular formula is C11H9F3N2O2. The number of ether oxygens (including phenoxy) is 1. The first-order chi connectivity index (χ1) is 8.45. The predicted molar refractivity (Wildman–Crippen MR) is 56.7 cm³/mol. The Morgan fingerprint density at radius 2 is 1.89 bits per heavy atom. The number of hydrogen-bond acceptors (Lipinski definition) is 4. The van der Waals surface area contributed by atoms with Crippen LogP contribution in [-0.4, -0.2) is 4.98 Å². The Bertz CT molecular complexity index is 520. The van der Waals surface area contributed by atoms with Crippen LogP contribution in [0.1, 0.15) is 11.5 Å². The van der Waals surface area contributed by atoms with Crippen molar-refractivity contribution in [3.05, 3.63) is 42.0 Å². The van der Waals surface area contributed by atoms with Crippen LogP contribution < -0.4 is 10.5 Å². The highest BCUT2D eigenvalue weighted by Gasteiger charge is 2.29. The maximum Gasteiger partial charge on any atom is 0.416 e. The fourth-order valence-corrected chi connectivity index (χ4v) is 1.28. The van der Waals surface area contributed by atoms with Crippen LogP contribution in [0.25, 0.3) is 0 Å². The first-order valence-electron chi connectivity index (χ1n) is 4.95. The van der Waals surface area contributed by atoms with Crippen LogP contribution in [-0.2, 0) is 12.8 Å². The molecule has 2 aromatic rings. The summed E-state index contributed by atoms with van der Waals surface area (Å²) >= 11 is 0. The third-order valence-corrected chi connectivity index (χ3v) is 2.11. The number of anilines is 1. The topological polar surface area (TPSA) is 61.3 Å². The maximum atomic E-state index is 12.3. The molecule has 0 fully saturated rings. The van der Waals surface area contributed by atoms with E-state index in [0.717, 1.165) is 12.1 Å². The zero-order valence-electron chi connectivity index (χ0n) is 9.07. The normalized spacial score (nSPS) is 11.5. The molecule has 0 bridgehead atoms. The molecule has 4 nitrogen and oxygen atoms in total. The van der Waals surface area contributed by atoms with Crippen molar-refractivity contribution in [1.29, 1.82) is 0 Å². The standard InChI is InChI=1S/C11H9F3N2O2/c12-11(13,14)7-1-3-8(4-2-7)17-6-10-16-9(15)5-18-10/h1-5H,6,15H2. The monoisotopic (exact) mass is 258 g/mol. The van der Waals surface area contributed by atoms with Crippen molar-refractivity contribution in [1.82, 2.24) is 4.98 Å². The second-order valence-electron chi connectivity index (χ2n) is 3.48. The summed E-state index contributed by atoms with van der Waals surface area (Å²) in [4.78, 5) is 3.79. The summed E-state index contributed by atoms with van der Waals surface area (Å²) < 4.78 is 47.0. The average Bonchev–Trinajstić information content (AvgIpc) is 2.72. The lowest BCUT2D eigenvalue weighted by Gasteiger charge is -2.07. The minimum Gasteiger partial charge on any atom is -0.484 e. The summed E-state index contributed by atoms with van der Waals surface area (Å²) in [6.07, 6.45) is -3.10. The number of nitrogens with two attached hydrogens (primary N) is 1. The van der Waals surface area contributed by atoms with E-state index in [9.17, 15) is 13.2 Å². The number of aromatic nitrogens is 1. The van der Waals surface area contributed by atoms with E-state index in [4.69, 9.17) is 14.9 Å². The fourth-order valence-electron chi connectivity index (χ4n) is 1.28. The Balaban J connectivity index is 1.98. The zero-order valence-corrected chi connectivity index (χ0v) is 9.07. The predicted octanol–water partition coefficient (Wildman–Crippen LogP) is 2.85. The molecule has 0 aliphatic heterocycles. The van der Waals surface area contributed by atoms with E-state index < -0.39 is 11.7 Å². The molecule has 0 spiro atoms. The summed E-state index contributed by atoms with van der Waals surface area (Å²) in [7, 11) is 0. The Hall–Kier alpha value is -2.18. The quantitative estimate of drug-likeness (QED) is 0.919. The van der Waals surface area contributed by atoms with Gasteiger partial charge in [0.2, 0.25) is 5.89 Å². The van der Waals surface area contributed by atoms with Gasteiger partial charge in [0.15, 0.2) is 12.4 Å². The highest BCUT2D eigenvalue weighted by molar-refractivity contribution is 5.29. The second-order valence-corrected chi connectivity index (χ2v) is 3.48. The van der Waals surface area contributed by atoms with Gasteiger partial charge in [0.1, 0.15) is 12.0 Å². The molecule has 1 heterocycles. The second kappa shape index (κ2) is 4.59. The molecule has 0 aliphatic rings. The van der Waals surface area contributed by atoms with E-state index in [1.165, 1.54) is 18.4 Å². The van der Waals surface area contributed by atoms with Crippen LogP contribution in [0.2, 0.25) is 0 Å². The number of hydrogen-bond donors (Lipinski definition) is 1. The van der Waals surface area contributed by atoms with Gasteiger partial charge in [0, 0.05) is 0 Å². The lowest BCUT2D eigenvalue weighted by atomic mass is 10.2. The number of rotatable bonds is 3. The summed E-state index contributed by atoms with van der Waals surface area (Å²) in [5, 5.41) is 0. The van der Waals surface area contributed by atoms with Gasteiger partial charge in [0.05, 0.1) is 5.56 Å². The third kappa shape index (κ3) is 2.93. The molecule has 0 aliphatic carbocycles. The molecule has 1 aromatic heterocycles. The van der Waals surface area contributed by atoms with Crippen LogP contribution >= 0.6 is 0 Å². The van der Waals surface area contributed by atoms with Gasteiger partial charge in [-0.15, -0.1) is 0 Å². The van der Waals surface area contributed by atoms with E-state index >= 15 is 0 Å². The van der Waals surface area contributed by atoms with Crippen LogP contribution in [0.3, 0.4) is 0 Å². The van der Waals surface area contributed by atoms with Crippen molar-refractivity contribution in [2.75, 3.05) is 5.73 Å². The van der Waals surface area contributed by atoms with Crippen LogP contribution in [0.4, 0.5) is 19.0 Å². The molecule has 96 valence electrons. The van der Waals surface area contributed by atoms with Gasteiger partial charge in [-0.3, -0.25) is 0 Å². The van der Waals surface area contributed by atoms with Crippen LogP contribution in [0.15, 0.2) is 34.9 Å². The van der Waals surface area contributed by atoms with E-state index in [0.29, 0.717) is 5.75 Å². The van der Waals surface area contributed by atoms with Crippen molar-refractivity contribution in [2.24, 2.45) is 0 Å². The van der Waals surface area contributed by atoms with Crippen molar-refractivity contribution in [2.45, 2.75) is 12.8 Å². The first-order valence-corrected chi connectivity index (χ1v) is 4.95. The van der Waals surface area contributed by atoms with Crippen molar-refractivity contribution in [3.63, 3.8) is 0 Å². The smallest absolute Gasteiger partial charge is 0.416 e. The molecule has 0 radical (unpaired) electrons. The zero-order chi connectivity index (χ0) is 13.2. The molecule has 7 heteroatoms. The Morgan fingerprint density at radius 1 is 1.22 bits per heavy atom. The van der Waals surface area contributed by atoms with Gasteiger partial charge >= 0.3 is 6.18 Å². The van der Waals surface area contributed by atoms with Gasteiger partial charge in [-0.1, -0.05) is 0 Å². The van der Waals surface area contributed by atoms with Crippen molar-refractivity contribution in [3.8, 4) is 5.75 Å². The minimum atomic E-state index is -4.35. The minimum absolute atomic E-state index is 0.00254. The molecule has 1 aromatic carbocycles. The van der Waals surface area contributed by atoms with Gasteiger partial charge in [-0.05, 0) is 24.3 Å². The highest BCUT2D eigenvalue weighted by atomic mass is 19.4. The molecule has 0 unspecified atom stereocenters. The molecular weight excluding hydrogens is 249 g/mol. The largest absolute Gasteiger partial charge is 0.484 e. The fraction of sp³-hybridized carbons (Fsp3) is 0.182. The lowest BCUT2D eigenvalue weighted by Crippen LogP contribution is -2.04. The Morgan fingerprint density at radius 3 is 2.39 bits per heavy atom. The molecule has 0 amide bonds. The number of halogens is 3. The lowest BCUT2D eigenvalue weighted by molar-refractivity contribution is -0.137. The summed E-state index contributed by atoms with van der Waals surface area (Å²) in [5.74, 6) is 0.771. The Labute approximate surface area is 100 Å². The van der Waals surface area contributed by atoms with E-state index in [1.807, 2.05) is 0 Å². The maximum absolute atomic E-state index is 12.3. The molecule has 0 saturated carbocycles. The van der Waals surface area contributed by atoms with Gasteiger partial charge in [0.25, 0.3) is 0 Å². The number of oxazole rings is 1. The third-order valence-electron chi connectivity index (χ3n) is 2.11. The van der Waals surface area contributed by atoms with E-state index in [2.05, 4.69) is 4.98 Å². The summed E-state index contributed by atoms with van der Waals surface area (Å²) in [5.41, 5.74) is 4.60. The number of alkyl halides is 3. The summed E-state index contributed by atoms with van der Waals surface area (Å²) in [6.45, 7) is 0.00254. The SMILES string of the molecule is Nc1coc(COc2ccc(C(F)(F)F)cc2)n1. The highest BCUT2D eigenvalue weighted by Crippen LogP contribution is 2.30. The van der Waals surface area contributed by atoms with Gasteiger partial charge < -0.3 is 14.9 Å². The average molecular weight is 258 g/mol. The molecule has 2 N–H and O–H groups in total. The first kappa shape index (κ1) is 12.3. The van der Waals surface area contributed by atoms with Crippen LogP contribution in [0, 0.1) is 0 Å². The van der Waals surface area contributed by atoms with E-state index in [-0.39, 0.29) is 18.3 Å². The van der Waals surface area contributed by atoms with Gasteiger partial charge in [-0.25, -0.2) is 0 Å². The van der Waals surface area contributed by atoms with Gasteiger partial charge in [-0.2, -0.15) is 18.2 Å². The number of nitrogens with zero attached hydrogens (tertiary/aromatic N) is 1. The summed E-state index contributed by atoms with van der Waals surface area (Å²) in [6, 6.07) is 4.35. The number of benzene rings is 1.